The van der Waals surface area contributed by atoms with E-state index in [-0.39, 0.29) is 5.60 Å². The van der Waals surface area contributed by atoms with Gasteiger partial charge in [0, 0.05) is 38.7 Å². The number of hydrogen-bond acceptors (Lipinski definition) is 5. The minimum atomic E-state index is -0.234. The van der Waals surface area contributed by atoms with Crippen LogP contribution in [0.4, 0.5) is 0 Å². The molecule has 0 unspecified atom stereocenters. The van der Waals surface area contributed by atoms with Gasteiger partial charge in [-0.15, -0.1) is 10.2 Å². The zero-order valence-corrected chi connectivity index (χ0v) is 20.8. The molecule has 0 fully saturated rings. The minimum Gasteiger partial charge on any atom is -0.488 e. The number of guanidine groups is 1. The lowest BCUT2D eigenvalue weighted by molar-refractivity contribution is 0.129. The van der Waals surface area contributed by atoms with E-state index in [4.69, 9.17) is 4.74 Å². The average molecular weight is 447 g/mol. The molecule has 1 heterocycles. The summed E-state index contributed by atoms with van der Waals surface area (Å²) in [5.41, 5.74) is 0.870. The summed E-state index contributed by atoms with van der Waals surface area (Å²) in [5.74, 6) is 3.29. The topological polar surface area (TPSA) is 76.4 Å². The quantitative estimate of drug-likeness (QED) is 0.247. The molecule has 2 aromatic rings. The highest BCUT2D eigenvalue weighted by atomic mass is 32.2. The van der Waals surface area contributed by atoms with Crippen LogP contribution in [0.1, 0.15) is 52.4 Å². The van der Waals surface area contributed by atoms with Gasteiger partial charge in [0.15, 0.2) is 11.1 Å². The van der Waals surface area contributed by atoms with Crippen LogP contribution in [0.25, 0.3) is 0 Å². The van der Waals surface area contributed by atoms with Gasteiger partial charge >= 0.3 is 0 Å². The number of nitrogens with one attached hydrogen (secondary N) is 2. The Morgan fingerprint density at radius 3 is 2.58 bits per heavy atom. The van der Waals surface area contributed by atoms with E-state index >= 15 is 0 Å². The third-order valence-corrected chi connectivity index (χ3v) is 5.12. The highest BCUT2D eigenvalue weighted by Crippen LogP contribution is 2.22. The first-order valence-corrected chi connectivity index (χ1v) is 12.1. The fourth-order valence-electron chi connectivity index (χ4n) is 3.14. The molecule has 0 spiro atoms. The van der Waals surface area contributed by atoms with Crippen LogP contribution in [-0.4, -0.2) is 46.2 Å². The predicted octanol–water partition coefficient (Wildman–Crippen LogP) is 4.13. The number of nitrogens with zero attached hydrogens (tertiary/aromatic N) is 4. The van der Waals surface area contributed by atoms with Gasteiger partial charge in [0.2, 0.25) is 0 Å². The van der Waals surface area contributed by atoms with Crippen LogP contribution in [0, 0.1) is 5.92 Å². The lowest BCUT2D eigenvalue weighted by Crippen LogP contribution is -2.37. The molecule has 8 heteroatoms. The van der Waals surface area contributed by atoms with Gasteiger partial charge in [-0.3, -0.25) is 4.99 Å². The van der Waals surface area contributed by atoms with Crippen molar-refractivity contribution in [1.82, 2.24) is 25.4 Å². The normalized spacial score (nSPS) is 12.3. The Labute approximate surface area is 191 Å². The Kier molecular flexibility index (Phi) is 9.68. The van der Waals surface area contributed by atoms with E-state index in [1.807, 2.05) is 24.5 Å². The van der Waals surface area contributed by atoms with Crippen LogP contribution in [-0.2, 0) is 19.5 Å². The maximum atomic E-state index is 6.08. The number of aryl methyl sites for hydroxylation is 1. The number of thioether (sulfide) groups is 1. The molecule has 172 valence electrons. The van der Waals surface area contributed by atoms with Crippen LogP contribution < -0.4 is 15.4 Å². The second-order valence-corrected chi connectivity index (χ2v) is 9.66. The van der Waals surface area contributed by atoms with Gasteiger partial charge in [-0.1, -0.05) is 43.8 Å². The molecule has 31 heavy (non-hydrogen) atoms. The van der Waals surface area contributed by atoms with E-state index in [1.165, 1.54) is 0 Å². The number of para-hydroxylation sites is 1. The van der Waals surface area contributed by atoms with Crippen molar-refractivity contribution in [3.63, 3.8) is 0 Å². The summed E-state index contributed by atoms with van der Waals surface area (Å²) in [6, 6.07) is 8.11. The first-order valence-electron chi connectivity index (χ1n) is 10.9. The Hall–Kier alpha value is -2.22. The number of hydrogen-bond donors (Lipinski definition) is 2. The van der Waals surface area contributed by atoms with E-state index in [9.17, 15) is 0 Å². The summed E-state index contributed by atoms with van der Waals surface area (Å²) in [5, 5.41) is 16.5. The summed E-state index contributed by atoms with van der Waals surface area (Å²) >= 11 is 1.65. The van der Waals surface area contributed by atoms with Crippen molar-refractivity contribution in [2.24, 2.45) is 10.9 Å². The SMILES string of the molecule is CN=C(NCCCc1nnc(SC)n1CC(C)C)NCc1ccccc1OC(C)(C)C. The predicted molar refractivity (Wildman–Crippen MR) is 130 cm³/mol. The molecule has 0 aliphatic heterocycles. The van der Waals surface area contributed by atoms with Crippen molar-refractivity contribution < 1.29 is 4.74 Å². The van der Waals surface area contributed by atoms with Gasteiger partial charge < -0.3 is 19.9 Å². The molecular weight excluding hydrogens is 408 g/mol. The number of ether oxygens (including phenoxy) is 1. The molecule has 7 nitrogen and oxygen atoms in total. The molecule has 0 amide bonds. The highest BCUT2D eigenvalue weighted by Gasteiger charge is 2.15. The second-order valence-electron chi connectivity index (χ2n) is 8.89. The number of aromatic nitrogens is 3. The first-order chi connectivity index (χ1) is 14.7. The molecule has 0 bridgehead atoms. The fraction of sp³-hybridized carbons (Fsp3) is 0.609. The minimum absolute atomic E-state index is 0.234. The third kappa shape index (κ3) is 8.44. The molecule has 0 saturated heterocycles. The van der Waals surface area contributed by atoms with Gasteiger partial charge in [-0.05, 0) is 45.4 Å². The van der Waals surface area contributed by atoms with Crippen molar-refractivity contribution in [1.29, 1.82) is 0 Å². The standard InChI is InChI=1S/C23H38N6OS/c1-17(2)16-29-20(27-28-22(29)31-7)13-10-14-25-21(24-6)26-15-18-11-8-9-12-19(18)30-23(3,4)5/h8-9,11-12,17H,10,13-16H2,1-7H3,(H2,24,25,26). The van der Waals surface area contributed by atoms with E-state index in [1.54, 1.807) is 18.8 Å². The van der Waals surface area contributed by atoms with Crippen molar-refractivity contribution in [3.8, 4) is 5.75 Å². The number of aliphatic imine (C=N–C) groups is 1. The highest BCUT2D eigenvalue weighted by molar-refractivity contribution is 7.98. The van der Waals surface area contributed by atoms with Gasteiger partial charge in [0.1, 0.15) is 17.2 Å². The summed E-state index contributed by atoms with van der Waals surface area (Å²) in [4.78, 5) is 4.34. The summed E-state index contributed by atoms with van der Waals surface area (Å²) in [6.45, 7) is 13.0. The van der Waals surface area contributed by atoms with Gasteiger partial charge in [-0.2, -0.15) is 0 Å². The lowest BCUT2D eigenvalue weighted by atomic mass is 10.1. The zero-order valence-electron chi connectivity index (χ0n) is 20.0. The van der Waals surface area contributed by atoms with Gasteiger partial charge in [0.05, 0.1) is 0 Å². The molecule has 2 N–H and O–H groups in total. The summed E-state index contributed by atoms with van der Waals surface area (Å²) < 4.78 is 8.32. The molecule has 1 aromatic carbocycles. The fourth-order valence-corrected chi connectivity index (χ4v) is 3.66. The van der Waals surface area contributed by atoms with E-state index in [2.05, 4.69) is 71.1 Å². The summed E-state index contributed by atoms with van der Waals surface area (Å²) in [6.07, 6.45) is 3.88. The van der Waals surface area contributed by atoms with Gasteiger partial charge in [0.25, 0.3) is 0 Å². The van der Waals surface area contributed by atoms with Crippen LogP contribution in [0.3, 0.4) is 0 Å². The number of rotatable bonds is 10. The van der Waals surface area contributed by atoms with E-state index < -0.39 is 0 Å². The molecule has 1 aromatic heterocycles. The van der Waals surface area contributed by atoms with E-state index in [0.29, 0.717) is 12.5 Å². The van der Waals surface area contributed by atoms with Crippen LogP contribution in [0.15, 0.2) is 34.4 Å². The molecule has 0 radical (unpaired) electrons. The maximum Gasteiger partial charge on any atom is 0.191 e. The van der Waals surface area contributed by atoms with Crippen LogP contribution in [0.2, 0.25) is 0 Å². The Balaban J connectivity index is 1.85. The summed E-state index contributed by atoms with van der Waals surface area (Å²) in [7, 11) is 1.79. The third-order valence-electron chi connectivity index (χ3n) is 4.45. The Morgan fingerprint density at radius 1 is 1.19 bits per heavy atom. The largest absolute Gasteiger partial charge is 0.488 e. The van der Waals surface area contributed by atoms with Crippen molar-refractivity contribution in [2.75, 3.05) is 19.8 Å². The number of benzene rings is 1. The zero-order chi connectivity index (χ0) is 22.9. The van der Waals surface area contributed by atoms with Crippen LogP contribution >= 0.6 is 11.8 Å². The molecule has 0 aliphatic rings. The molecular formula is C23H38N6OS. The molecule has 2 rings (SSSR count). The molecule has 0 saturated carbocycles. The molecule has 0 atom stereocenters. The van der Waals surface area contributed by atoms with E-state index in [0.717, 1.165) is 54.2 Å². The maximum absolute atomic E-state index is 6.08. The molecule has 0 aliphatic carbocycles. The van der Waals surface area contributed by atoms with Crippen molar-refractivity contribution in [3.05, 3.63) is 35.7 Å². The first kappa shape index (κ1) is 25.0. The smallest absolute Gasteiger partial charge is 0.191 e. The Bertz CT molecular complexity index is 841. The lowest BCUT2D eigenvalue weighted by Gasteiger charge is -2.23. The van der Waals surface area contributed by atoms with Crippen LogP contribution in [0.5, 0.6) is 5.75 Å². The monoisotopic (exact) mass is 446 g/mol. The van der Waals surface area contributed by atoms with Crippen molar-refractivity contribution >= 4 is 17.7 Å². The van der Waals surface area contributed by atoms with Crippen molar-refractivity contribution in [2.45, 2.75) is 71.3 Å². The second kappa shape index (κ2) is 12.0. The van der Waals surface area contributed by atoms with Gasteiger partial charge in [-0.25, -0.2) is 0 Å². The Morgan fingerprint density at radius 2 is 1.94 bits per heavy atom. The average Bonchev–Trinajstić information content (AvgIpc) is 3.08.